The molecule has 0 aliphatic carbocycles. The third-order valence-electron chi connectivity index (χ3n) is 2.86. The number of hydrogen-bond donors (Lipinski definition) is 2. The minimum Gasteiger partial charge on any atom is -0.492 e. The van der Waals surface area contributed by atoms with E-state index in [2.05, 4.69) is 30.5 Å². The quantitative estimate of drug-likeness (QED) is 0.753. The van der Waals surface area contributed by atoms with Crippen LogP contribution < -0.4 is 15.4 Å². The molecule has 0 heterocycles. The van der Waals surface area contributed by atoms with Gasteiger partial charge in [0.25, 0.3) is 0 Å². The second-order valence-electron chi connectivity index (χ2n) is 5.54. The van der Waals surface area contributed by atoms with E-state index in [1.165, 1.54) is 11.1 Å². The molecule has 0 radical (unpaired) electrons. The van der Waals surface area contributed by atoms with E-state index >= 15 is 0 Å². The molecule has 0 bridgehead atoms. The molecule has 1 aromatic rings. The number of carbonyl (C=O) groups is 1. The number of carbonyl (C=O) groups excluding carboxylic acids is 1. The Morgan fingerprint density at radius 2 is 1.70 bits per heavy atom. The van der Waals surface area contributed by atoms with Gasteiger partial charge in [0, 0.05) is 6.54 Å². The van der Waals surface area contributed by atoms with Gasteiger partial charge in [-0.2, -0.15) is 0 Å². The minimum atomic E-state index is -0.130. The maximum Gasteiger partial charge on any atom is 0.314 e. The van der Waals surface area contributed by atoms with Crippen molar-refractivity contribution in [2.75, 3.05) is 19.7 Å². The number of urea groups is 1. The summed E-state index contributed by atoms with van der Waals surface area (Å²) < 4.78 is 5.62. The van der Waals surface area contributed by atoms with Gasteiger partial charge >= 0.3 is 6.03 Å². The van der Waals surface area contributed by atoms with Gasteiger partial charge in [0.15, 0.2) is 0 Å². The molecule has 0 atom stereocenters. The van der Waals surface area contributed by atoms with Gasteiger partial charge in [-0.05, 0) is 49.4 Å². The summed E-state index contributed by atoms with van der Waals surface area (Å²) in [5.74, 6) is 1.45. The van der Waals surface area contributed by atoms with Crippen molar-refractivity contribution in [3.05, 3.63) is 29.3 Å². The molecule has 4 nitrogen and oxygen atoms in total. The smallest absolute Gasteiger partial charge is 0.314 e. The third kappa shape index (κ3) is 7.02. The standard InChI is InChI=1S/C16H26N2O2/c1-12(2)5-6-17-16(19)18-7-8-20-15-10-13(3)9-14(4)11-15/h9-12H,5-8H2,1-4H3,(H2,17,18,19). The zero-order chi connectivity index (χ0) is 15.0. The number of hydrogen-bond acceptors (Lipinski definition) is 2. The van der Waals surface area contributed by atoms with E-state index in [4.69, 9.17) is 4.74 Å². The molecule has 4 heteroatoms. The van der Waals surface area contributed by atoms with Crippen LogP contribution in [0.2, 0.25) is 0 Å². The van der Waals surface area contributed by atoms with Crippen LogP contribution in [0.5, 0.6) is 5.75 Å². The van der Waals surface area contributed by atoms with Crippen molar-refractivity contribution < 1.29 is 9.53 Å². The molecule has 0 aliphatic heterocycles. The van der Waals surface area contributed by atoms with Gasteiger partial charge in [-0.15, -0.1) is 0 Å². The van der Waals surface area contributed by atoms with E-state index < -0.39 is 0 Å². The first-order chi connectivity index (χ1) is 9.47. The highest BCUT2D eigenvalue weighted by molar-refractivity contribution is 5.73. The van der Waals surface area contributed by atoms with E-state index in [1.807, 2.05) is 26.0 Å². The van der Waals surface area contributed by atoms with Crippen LogP contribution in [0.1, 0.15) is 31.4 Å². The van der Waals surface area contributed by atoms with Crippen molar-refractivity contribution in [2.24, 2.45) is 5.92 Å². The second-order valence-corrected chi connectivity index (χ2v) is 5.54. The monoisotopic (exact) mass is 278 g/mol. The maximum atomic E-state index is 11.5. The number of amides is 2. The molecule has 0 aromatic heterocycles. The van der Waals surface area contributed by atoms with E-state index in [9.17, 15) is 4.79 Å². The Morgan fingerprint density at radius 3 is 2.30 bits per heavy atom. The summed E-state index contributed by atoms with van der Waals surface area (Å²) in [4.78, 5) is 11.5. The average molecular weight is 278 g/mol. The number of nitrogens with one attached hydrogen (secondary N) is 2. The number of rotatable bonds is 7. The van der Waals surface area contributed by atoms with Crippen LogP contribution in [0.15, 0.2) is 18.2 Å². The van der Waals surface area contributed by atoms with Gasteiger partial charge in [-0.25, -0.2) is 4.79 Å². The van der Waals surface area contributed by atoms with E-state index in [-0.39, 0.29) is 6.03 Å². The Balaban J connectivity index is 2.16. The highest BCUT2D eigenvalue weighted by atomic mass is 16.5. The van der Waals surface area contributed by atoms with Gasteiger partial charge < -0.3 is 15.4 Å². The molecular formula is C16H26N2O2. The Bertz CT molecular complexity index is 410. The van der Waals surface area contributed by atoms with E-state index in [0.29, 0.717) is 25.6 Å². The van der Waals surface area contributed by atoms with E-state index in [0.717, 1.165) is 12.2 Å². The Morgan fingerprint density at radius 1 is 1.10 bits per heavy atom. The fraction of sp³-hybridized carbons (Fsp3) is 0.562. The van der Waals surface area contributed by atoms with Crippen molar-refractivity contribution in [3.8, 4) is 5.75 Å². The lowest BCUT2D eigenvalue weighted by Gasteiger charge is -2.10. The van der Waals surface area contributed by atoms with Crippen LogP contribution in [0.3, 0.4) is 0 Å². The first-order valence-corrected chi connectivity index (χ1v) is 7.20. The van der Waals surface area contributed by atoms with E-state index in [1.54, 1.807) is 0 Å². The Labute approximate surface area is 121 Å². The molecule has 1 aromatic carbocycles. The van der Waals surface area contributed by atoms with Crippen molar-refractivity contribution in [3.63, 3.8) is 0 Å². The predicted octanol–water partition coefficient (Wildman–Crippen LogP) is 3.03. The molecule has 2 amide bonds. The van der Waals surface area contributed by atoms with Gasteiger partial charge in [0.05, 0.1) is 6.54 Å². The summed E-state index contributed by atoms with van der Waals surface area (Å²) in [7, 11) is 0. The molecule has 0 saturated carbocycles. The normalized spacial score (nSPS) is 10.4. The van der Waals surface area contributed by atoms with Crippen LogP contribution >= 0.6 is 0 Å². The van der Waals surface area contributed by atoms with Crippen LogP contribution in [0, 0.1) is 19.8 Å². The summed E-state index contributed by atoms with van der Waals surface area (Å²) in [5.41, 5.74) is 2.36. The van der Waals surface area contributed by atoms with Crippen molar-refractivity contribution in [2.45, 2.75) is 34.1 Å². The fourth-order valence-electron chi connectivity index (χ4n) is 1.89. The highest BCUT2D eigenvalue weighted by Crippen LogP contribution is 2.15. The largest absolute Gasteiger partial charge is 0.492 e. The lowest BCUT2D eigenvalue weighted by molar-refractivity contribution is 0.236. The summed E-state index contributed by atoms with van der Waals surface area (Å²) in [6, 6.07) is 5.97. The molecule has 0 fully saturated rings. The molecule has 0 saturated heterocycles. The molecule has 112 valence electrons. The number of aryl methyl sites for hydroxylation is 2. The molecule has 1 rings (SSSR count). The lowest BCUT2D eigenvalue weighted by atomic mass is 10.1. The van der Waals surface area contributed by atoms with Crippen LogP contribution in [-0.2, 0) is 0 Å². The zero-order valence-electron chi connectivity index (χ0n) is 13.0. The first kappa shape index (κ1) is 16.3. The average Bonchev–Trinajstić information content (AvgIpc) is 2.33. The summed E-state index contributed by atoms with van der Waals surface area (Å²) in [5, 5.41) is 5.61. The highest BCUT2D eigenvalue weighted by Gasteiger charge is 2.01. The topological polar surface area (TPSA) is 50.4 Å². The van der Waals surface area contributed by atoms with Gasteiger partial charge in [-0.1, -0.05) is 19.9 Å². The van der Waals surface area contributed by atoms with Crippen molar-refractivity contribution >= 4 is 6.03 Å². The SMILES string of the molecule is Cc1cc(C)cc(OCCNC(=O)NCCC(C)C)c1. The fourth-order valence-corrected chi connectivity index (χ4v) is 1.89. The molecule has 20 heavy (non-hydrogen) atoms. The third-order valence-corrected chi connectivity index (χ3v) is 2.86. The van der Waals surface area contributed by atoms with Gasteiger partial charge in [0.1, 0.15) is 12.4 Å². The molecule has 0 aliphatic rings. The summed E-state index contributed by atoms with van der Waals surface area (Å²) in [6.45, 7) is 10.0. The maximum absolute atomic E-state index is 11.5. The van der Waals surface area contributed by atoms with Crippen LogP contribution in [0.4, 0.5) is 4.79 Å². The van der Waals surface area contributed by atoms with Gasteiger partial charge in [-0.3, -0.25) is 0 Å². The molecule has 2 N–H and O–H groups in total. The molecule has 0 unspecified atom stereocenters. The predicted molar refractivity (Wildman–Crippen MR) is 82.3 cm³/mol. The van der Waals surface area contributed by atoms with Crippen LogP contribution in [-0.4, -0.2) is 25.7 Å². The van der Waals surface area contributed by atoms with Crippen LogP contribution in [0.25, 0.3) is 0 Å². The lowest BCUT2D eigenvalue weighted by Crippen LogP contribution is -2.38. The van der Waals surface area contributed by atoms with Gasteiger partial charge in [0.2, 0.25) is 0 Å². The molecule has 0 spiro atoms. The van der Waals surface area contributed by atoms with Crippen molar-refractivity contribution in [1.29, 1.82) is 0 Å². The summed E-state index contributed by atoms with van der Waals surface area (Å²) in [6.07, 6.45) is 0.993. The molecular weight excluding hydrogens is 252 g/mol. The number of benzene rings is 1. The first-order valence-electron chi connectivity index (χ1n) is 7.20. The Hall–Kier alpha value is -1.71. The number of ether oxygens (including phenoxy) is 1. The Kier molecular flexibility index (Phi) is 6.91. The summed E-state index contributed by atoms with van der Waals surface area (Å²) >= 11 is 0. The van der Waals surface area contributed by atoms with Crippen molar-refractivity contribution in [1.82, 2.24) is 10.6 Å². The minimum absolute atomic E-state index is 0.130. The second kappa shape index (κ2) is 8.46. The zero-order valence-corrected chi connectivity index (χ0v) is 13.0.